The van der Waals surface area contributed by atoms with Gasteiger partial charge in [-0.25, -0.2) is 8.42 Å². The molecule has 1 fully saturated rings. The molecular formula is C24H23N3O4S. The van der Waals surface area contributed by atoms with Crippen LogP contribution in [-0.4, -0.2) is 50.7 Å². The molecule has 1 heterocycles. The van der Waals surface area contributed by atoms with Crippen molar-refractivity contribution in [2.24, 2.45) is 0 Å². The maximum absolute atomic E-state index is 12.1. The molecule has 7 nitrogen and oxygen atoms in total. The number of nitro groups is 1. The summed E-state index contributed by atoms with van der Waals surface area (Å²) in [5, 5.41) is 11.8. The molecule has 0 spiro atoms. The Balaban J connectivity index is 1.45. The number of hydrogen-bond donors (Lipinski definition) is 0. The third kappa shape index (κ3) is 3.36. The first kappa shape index (κ1) is 20.7. The highest BCUT2D eigenvalue weighted by Gasteiger charge is 2.36. The van der Waals surface area contributed by atoms with Crippen molar-refractivity contribution in [2.45, 2.75) is 10.9 Å². The Morgan fingerprint density at radius 2 is 1.41 bits per heavy atom. The zero-order valence-electron chi connectivity index (χ0n) is 17.6. The molecule has 164 valence electrons. The molecule has 0 unspecified atom stereocenters. The van der Waals surface area contributed by atoms with Crippen molar-refractivity contribution >= 4 is 21.2 Å². The van der Waals surface area contributed by atoms with Crippen molar-refractivity contribution in [2.75, 3.05) is 37.3 Å². The molecule has 0 saturated carbocycles. The van der Waals surface area contributed by atoms with Gasteiger partial charge in [0.2, 0.25) is 0 Å². The van der Waals surface area contributed by atoms with E-state index >= 15 is 0 Å². The van der Waals surface area contributed by atoms with Crippen LogP contribution in [0.4, 0.5) is 11.4 Å². The lowest BCUT2D eigenvalue weighted by Gasteiger charge is -2.39. The molecule has 5 rings (SSSR count). The number of benzene rings is 3. The summed E-state index contributed by atoms with van der Waals surface area (Å²) in [6, 6.07) is 21.6. The van der Waals surface area contributed by atoms with Gasteiger partial charge >= 0.3 is 5.69 Å². The number of para-hydroxylation sites is 1. The lowest BCUT2D eigenvalue weighted by atomic mass is 10.0. The van der Waals surface area contributed by atoms with Crippen molar-refractivity contribution in [3.05, 3.63) is 88.0 Å². The Kier molecular flexibility index (Phi) is 4.98. The summed E-state index contributed by atoms with van der Waals surface area (Å²) in [6.45, 7) is 2.59. The second-order valence-electron chi connectivity index (χ2n) is 8.25. The van der Waals surface area contributed by atoms with Crippen molar-refractivity contribution in [1.82, 2.24) is 4.90 Å². The largest absolute Gasteiger partial charge is 0.363 e. The monoisotopic (exact) mass is 449 g/mol. The molecular weight excluding hydrogens is 426 g/mol. The van der Waals surface area contributed by atoms with Gasteiger partial charge in [0.05, 0.1) is 11.0 Å². The van der Waals surface area contributed by atoms with Crippen molar-refractivity contribution in [1.29, 1.82) is 0 Å². The Morgan fingerprint density at radius 1 is 0.844 bits per heavy atom. The van der Waals surface area contributed by atoms with E-state index in [1.807, 2.05) is 4.90 Å². The minimum atomic E-state index is -3.71. The van der Waals surface area contributed by atoms with E-state index < -0.39 is 14.8 Å². The molecule has 3 aromatic rings. The predicted octanol–water partition coefficient (Wildman–Crippen LogP) is 3.89. The van der Waals surface area contributed by atoms with Crippen LogP contribution in [0.1, 0.15) is 17.2 Å². The number of hydrogen-bond acceptors (Lipinski definition) is 6. The number of fused-ring (bicyclic) bond motifs is 3. The zero-order chi connectivity index (χ0) is 22.5. The summed E-state index contributed by atoms with van der Waals surface area (Å²) in [5.41, 5.74) is 5.11. The summed E-state index contributed by atoms with van der Waals surface area (Å²) < 4.78 is 24.2. The molecule has 0 bridgehead atoms. The fraction of sp³-hybridized carbons (Fsp3) is 0.250. The number of piperazine rings is 1. The number of nitrogens with zero attached hydrogens (tertiary/aromatic N) is 3. The number of sulfone groups is 1. The molecule has 0 aromatic heterocycles. The van der Waals surface area contributed by atoms with Crippen molar-refractivity contribution in [3.63, 3.8) is 0 Å². The molecule has 3 aromatic carbocycles. The first-order valence-electron chi connectivity index (χ1n) is 10.5. The van der Waals surface area contributed by atoms with E-state index in [0.29, 0.717) is 31.9 Å². The Morgan fingerprint density at radius 3 is 1.94 bits per heavy atom. The van der Waals surface area contributed by atoms with Gasteiger partial charge in [0.1, 0.15) is 10.6 Å². The summed E-state index contributed by atoms with van der Waals surface area (Å²) in [4.78, 5) is 15.3. The maximum atomic E-state index is 12.1. The van der Waals surface area contributed by atoms with Gasteiger partial charge in [0, 0.05) is 32.4 Å². The van der Waals surface area contributed by atoms with Gasteiger partial charge in [0.15, 0.2) is 9.84 Å². The van der Waals surface area contributed by atoms with E-state index in [1.165, 1.54) is 28.3 Å². The highest BCUT2D eigenvalue weighted by molar-refractivity contribution is 7.90. The Labute approximate surface area is 187 Å². The average molecular weight is 450 g/mol. The van der Waals surface area contributed by atoms with E-state index in [2.05, 4.69) is 53.4 Å². The minimum absolute atomic E-state index is 0.155. The lowest BCUT2D eigenvalue weighted by Crippen LogP contribution is -2.47. The van der Waals surface area contributed by atoms with E-state index in [9.17, 15) is 18.5 Å². The van der Waals surface area contributed by atoms with Crippen molar-refractivity contribution in [3.8, 4) is 11.1 Å². The highest BCUT2D eigenvalue weighted by atomic mass is 32.2. The van der Waals surface area contributed by atoms with Crippen LogP contribution in [0.5, 0.6) is 0 Å². The van der Waals surface area contributed by atoms with E-state index in [0.717, 1.165) is 6.26 Å². The number of anilines is 1. The van der Waals surface area contributed by atoms with Crippen LogP contribution in [0.15, 0.2) is 71.6 Å². The van der Waals surface area contributed by atoms with Crippen LogP contribution in [0, 0.1) is 10.1 Å². The summed E-state index contributed by atoms with van der Waals surface area (Å²) >= 11 is 0. The normalized spacial score (nSPS) is 16.6. The quantitative estimate of drug-likeness (QED) is 0.444. The molecule has 8 heteroatoms. The second-order valence-corrected chi connectivity index (χ2v) is 10.2. The topological polar surface area (TPSA) is 83.8 Å². The van der Waals surface area contributed by atoms with E-state index in [4.69, 9.17) is 0 Å². The van der Waals surface area contributed by atoms with Gasteiger partial charge in [-0.15, -0.1) is 0 Å². The molecule has 0 atom stereocenters. The molecule has 32 heavy (non-hydrogen) atoms. The summed E-state index contributed by atoms with van der Waals surface area (Å²) in [5.74, 6) is 0. The predicted molar refractivity (Wildman–Crippen MR) is 124 cm³/mol. The molecule has 0 N–H and O–H groups in total. The molecule has 1 saturated heterocycles. The van der Waals surface area contributed by atoms with Gasteiger partial charge < -0.3 is 4.90 Å². The Hall–Kier alpha value is -3.23. The molecule has 1 aliphatic heterocycles. The van der Waals surface area contributed by atoms with Gasteiger partial charge in [-0.3, -0.25) is 15.0 Å². The van der Waals surface area contributed by atoms with Crippen LogP contribution >= 0.6 is 0 Å². The summed E-state index contributed by atoms with van der Waals surface area (Å²) in [7, 11) is -3.71. The van der Waals surface area contributed by atoms with Crippen LogP contribution in [0.3, 0.4) is 0 Å². The number of rotatable bonds is 4. The van der Waals surface area contributed by atoms with Crippen LogP contribution in [0.25, 0.3) is 11.1 Å². The fourth-order valence-electron chi connectivity index (χ4n) is 4.99. The fourth-order valence-corrected chi connectivity index (χ4v) is 5.85. The van der Waals surface area contributed by atoms with E-state index in [-0.39, 0.29) is 16.6 Å². The third-order valence-corrected chi connectivity index (χ3v) is 7.51. The van der Waals surface area contributed by atoms with Crippen molar-refractivity contribution < 1.29 is 13.3 Å². The minimum Gasteiger partial charge on any atom is -0.363 e. The van der Waals surface area contributed by atoms with Gasteiger partial charge in [0.25, 0.3) is 0 Å². The van der Waals surface area contributed by atoms with Crippen LogP contribution in [-0.2, 0) is 9.84 Å². The lowest BCUT2D eigenvalue weighted by molar-refractivity contribution is -0.387. The first-order valence-corrected chi connectivity index (χ1v) is 12.4. The first-order chi connectivity index (χ1) is 15.4. The third-order valence-electron chi connectivity index (χ3n) is 6.38. The maximum Gasteiger partial charge on any atom is 0.311 e. The van der Waals surface area contributed by atoms with Crippen LogP contribution < -0.4 is 4.90 Å². The standard InChI is InChI=1S/C24H23N3O4S/c1-32(30,31)22-12-6-11-21(24(22)27(28)29)25-13-15-26(16-14-25)23-19-9-4-2-7-17(19)18-8-3-5-10-20(18)23/h2-12,23H,13-16H2,1H3. The molecule has 0 amide bonds. The molecule has 1 aliphatic carbocycles. The van der Waals surface area contributed by atoms with Gasteiger partial charge in [-0.05, 0) is 34.4 Å². The van der Waals surface area contributed by atoms with Gasteiger partial charge in [-0.1, -0.05) is 54.6 Å². The van der Waals surface area contributed by atoms with Crippen LogP contribution in [0.2, 0.25) is 0 Å². The number of nitro benzene ring substituents is 1. The zero-order valence-corrected chi connectivity index (χ0v) is 18.5. The average Bonchev–Trinajstić information content (AvgIpc) is 3.12. The molecule has 0 radical (unpaired) electrons. The molecule has 2 aliphatic rings. The SMILES string of the molecule is CS(=O)(=O)c1cccc(N2CCN(C3c4ccccc4-c4ccccc43)CC2)c1[N+](=O)[O-]. The Bertz CT molecular complexity index is 1270. The highest BCUT2D eigenvalue weighted by Crippen LogP contribution is 2.46. The second kappa shape index (κ2) is 7.72. The smallest absolute Gasteiger partial charge is 0.311 e. The summed E-state index contributed by atoms with van der Waals surface area (Å²) in [6.07, 6.45) is 1.01. The van der Waals surface area contributed by atoms with Gasteiger partial charge in [-0.2, -0.15) is 0 Å². The van der Waals surface area contributed by atoms with E-state index in [1.54, 1.807) is 12.1 Å².